The van der Waals surface area contributed by atoms with E-state index in [1.54, 1.807) is 37.1 Å². The van der Waals surface area contributed by atoms with E-state index in [9.17, 15) is 4.79 Å². The van der Waals surface area contributed by atoms with Crippen molar-refractivity contribution in [3.63, 3.8) is 0 Å². The minimum Gasteiger partial charge on any atom is -0.345 e. The zero-order valence-corrected chi connectivity index (χ0v) is 18.0. The number of carbonyl (C=O) groups excluding carboxylic acids is 1. The summed E-state index contributed by atoms with van der Waals surface area (Å²) < 4.78 is 2.01. The van der Waals surface area contributed by atoms with E-state index in [4.69, 9.17) is 0 Å². The van der Waals surface area contributed by atoms with Crippen LogP contribution in [-0.2, 0) is 0 Å². The SMILES string of the molecule is CN(C)C(=O)c1cccc(Sc2ccc3c(-c4ccccc4)cc4nncn4c3c2)c1. The fraction of sp³-hybridized carbons (Fsp3) is 0.0800. The molecule has 0 aliphatic carbocycles. The molecule has 5 nitrogen and oxygen atoms in total. The van der Waals surface area contributed by atoms with Crippen LogP contribution in [0.2, 0.25) is 0 Å². The lowest BCUT2D eigenvalue weighted by Gasteiger charge is -2.12. The van der Waals surface area contributed by atoms with Crippen LogP contribution in [0.4, 0.5) is 0 Å². The van der Waals surface area contributed by atoms with Crippen molar-refractivity contribution in [1.82, 2.24) is 19.5 Å². The number of rotatable bonds is 4. The first-order valence-corrected chi connectivity index (χ1v) is 10.7. The standard InChI is InChI=1S/C25H20N4OS/c1-28(2)25(30)18-9-6-10-19(13-18)31-20-11-12-21-22(17-7-4-3-5-8-17)15-24-27-26-16-29(24)23(21)14-20/h3-16H,1-2H3. The lowest BCUT2D eigenvalue weighted by molar-refractivity contribution is 0.0827. The van der Waals surface area contributed by atoms with Gasteiger partial charge in [-0.1, -0.05) is 54.2 Å². The summed E-state index contributed by atoms with van der Waals surface area (Å²) in [6.45, 7) is 0. The maximum Gasteiger partial charge on any atom is 0.253 e. The largest absolute Gasteiger partial charge is 0.345 e. The summed E-state index contributed by atoms with van der Waals surface area (Å²) >= 11 is 1.63. The third kappa shape index (κ3) is 3.66. The second kappa shape index (κ2) is 7.89. The van der Waals surface area contributed by atoms with Gasteiger partial charge in [-0.15, -0.1) is 10.2 Å². The molecule has 0 aliphatic heterocycles. The van der Waals surface area contributed by atoms with Gasteiger partial charge in [0.15, 0.2) is 5.65 Å². The highest BCUT2D eigenvalue weighted by Crippen LogP contribution is 2.35. The van der Waals surface area contributed by atoms with Crippen LogP contribution in [0.25, 0.3) is 27.7 Å². The third-order valence-electron chi connectivity index (χ3n) is 5.17. The van der Waals surface area contributed by atoms with E-state index >= 15 is 0 Å². The molecule has 0 saturated carbocycles. The Morgan fingerprint density at radius 1 is 0.903 bits per heavy atom. The zero-order valence-electron chi connectivity index (χ0n) is 17.2. The predicted octanol–water partition coefficient (Wildman–Crippen LogP) is 5.40. The molecule has 152 valence electrons. The Morgan fingerprint density at radius 2 is 1.71 bits per heavy atom. The fourth-order valence-electron chi connectivity index (χ4n) is 3.68. The van der Waals surface area contributed by atoms with Crippen LogP contribution in [-0.4, -0.2) is 39.5 Å². The average Bonchev–Trinajstić information content (AvgIpc) is 3.28. The molecule has 2 aromatic heterocycles. The average molecular weight is 425 g/mol. The van der Waals surface area contributed by atoms with Crippen molar-refractivity contribution in [3.05, 3.63) is 90.8 Å². The molecule has 0 fully saturated rings. The van der Waals surface area contributed by atoms with Crippen molar-refractivity contribution < 1.29 is 4.79 Å². The van der Waals surface area contributed by atoms with Gasteiger partial charge in [-0.25, -0.2) is 0 Å². The molecule has 5 aromatic rings. The van der Waals surface area contributed by atoms with Crippen LogP contribution in [0.3, 0.4) is 0 Å². The van der Waals surface area contributed by atoms with Crippen molar-refractivity contribution in [2.45, 2.75) is 9.79 Å². The molecule has 0 aliphatic rings. The van der Waals surface area contributed by atoms with E-state index in [0.29, 0.717) is 5.56 Å². The summed E-state index contributed by atoms with van der Waals surface area (Å²) in [7, 11) is 3.53. The normalized spacial score (nSPS) is 11.2. The first-order valence-electron chi connectivity index (χ1n) is 9.92. The molecule has 1 amide bonds. The van der Waals surface area contributed by atoms with Gasteiger partial charge in [-0.2, -0.15) is 0 Å². The topological polar surface area (TPSA) is 50.5 Å². The summed E-state index contributed by atoms with van der Waals surface area (Å²) in [6, 6.07) is 26.6. The highest BCUT2D eigenvalue weighted by atomic mass is 32.2. The Kier molecular flexibility index (Phi) is 4.92. The van der Waals surface area contributed by atoms with Crippen LogP contribution < -0.4 is 0 Å². The van der Waals surface area contributed by atoms with E-state index in [-0.39, 0.29) is 5.91 Å². The number of pyridine rings is 1. The Bertz CT molecular complexity index is 1410. The molecule has 5 rings (SSSR count). The van der Waals surface area contributed by atoms with Gasteiger partial charge in [0.05, 0.1) is 5.52 Å². The van der Waals surface area contributed by atoms with Crippen molar-refractivity contribution in [1.29, 1.82) is 0 Å². The number of aromatic nitrogens is 3. The molecule has 0 saturated heterocycles. The second-order valence-electron chi connectivity index (χ2n) is 7.49. The fourth-order valence-corrected chi connectivity index (χ4v) is 4.59. The summed E-state index contributed by atoms with van der Waals surface area (Å²) in [4.78, 5) is 16.0. The van der Waals surface area contributed by atoms with Gasteiger partial charge in [-0.05, 0) is 47.5 Å². The summed E-state index contributed by atoms with van der Waals surface area (Å²) in [5, 5.41) is 9.53. The van der Waals surface area contributed by atoms with E-state index in [2.05, 4.69) is 46.6 Å². The van der Waals surface area contributed by atoms with Crippen molar-refractivity contribution in [2.24, 2.45) is 0 Å². The Hall–Kier alpha value is -3.64. The van der Waals surface area contributed by atoms with Gasteiger partial charge in [0, 0.05) is 34.8 Å². The molecule has 0 unspecified atom stereocenters. The number of carbonyl (C=O) groups is 1. The number of hydrogen-bond acceptors (Lipinski definition) is 4. The monoisotopic (exact) mass is 424 g/mol. The van der Waals surface area contributed by atoms with Gasteiger partial charge >= 0.3 is 0 Å². The molecular weight excluding hydrogens is 404 g/mol. The van der Waals surface area contributed by atoms with Crippen molar-refractivity contribution in [3.8, 4) is 11.1 Å². The highest BCUT2D eigenvalue weighted by Gasteiger charge is 2.12. The first kappa shape index (κ1) is 19.3. The van der Waals surface area contributed by atoms with Gasteiger partial charge in [-0.3, -0.25) is 9.20 Å². The number of amides is 1. The van der Waals surface area contributed by atoms with E-state index in [1.807, 2.05) is 46.9 Å². The lowest BCUT2D eigenvalue weighted by atomic mass is 10.0. The van der Waals surface area contributed by atoms with E-state index < -0.39 is 0 Å². The predicted molar refractivity (Wildman–Crippen MR) is 125 cm³/mol. The Balaban J connectivity index is 1.60. The van der Waals surface area contributed by atoms with Gasteiger partial charge < -0.3 is 4.90 Å². The van der Waals surface area contributed by atoms with Crippen molar-refractivity contribution in [2.75, 3.05) is 14.1 Å². The molecule has 0 atom stereocenters. The minimum atomic E-state index is -0.000312. The van der Waals surface area contributed by atoms with Crippen LogP contribution in [0.5, 0.6) is 0 Å². The molecular formula is C25H20N4OS. The zero-order chi connectivity index (χ0) is 21.4. The van der Waals surface area contributed by atoms with Gasteiger partial charge in [0.25, 0.3) is 5.91 Å². The number of nitrogens with zero attached hydrogens (tertiary/aromatic N) is 4. The first-order chi connectivity index (χ1) is 15.1. The van der Waals surface area contributed by atoms with Crippen LogP contribution in [0.1, 0.15) is 10.4 Å². The molecule has 0 radical (unpaired) electrons. The van der Waals surface area contributed by atoms with Crippen LogP contribution >= 0.6 is 11.8 Å². The molecule has 0 N–H and O–H groups in total. The molecule has 0 bridgehead atoms. The van der Waals surface area contributed by atoms with Crippen LogP contribution in [0, 0.1) is 0 Å². The van der Waals surface area contributed by atoms with E-state index in [1.165, 1.54) is 0 Å². The summed E-state index contributed by atoms with van der Waals surface area (Å²) in [5.41, 5.74) is 4.82. The summed E-state index contributed by atoms with van der Waals surface area (Å²) in [5.74, 6) is -0.000312. The van der Waals surface area contributed by atoms with Crippen LogP contribution in [0.15, 0.2) is 95.0 Å². The van der Waals surface area contributed by atoms with E-state index in [0.717, 1.165) is 37.5 Å². The molecule has 31 heavy (non-hydrogen) atoms. The van der Waals surface area contributed by atoms with Gasteiger partial charge in [0.2, 0.25) is 0 Å². The molecule has 0 spiro atoms. The maximum absolute atomic E-state index is 12.3. The quantitative estimate of drug-likeness (QED) is 0.387. The number of fused-ring (bicyclic) bond motifs is 3. The smallest absolute Gasteiger partial charge is 0.253 e. The number of hydrogen-bond donors (Lipinski definition) is 0. The maximum atomic E-state index is 12.3. The van der Waals surface area contributed by atoms with Gasteiger partial charge in [0.1, 0.15) is 6.33 Å². The lowest BCUT2D eigenvalue weighted by Crippen LogP contribution is -2.21. The Labute approximate surface area is 184 Å². The van der Waals surface area contributed by atoms with Crippen molar-refractivity contribution >= 4 is 34.2 Å². The Morgan fingerprint density at radius 3 is 2.52 bits per heavy atom. The third-order valence-corrected chi connectivity index (χ3v) is 6.15. The molecule has 3 aromatic carbocycles. The number of benzene rings is 3. The minimum absolute atomic E-state index is 0.000312. The second-order valence-corrected chi connectivity index (χ2v) is 8.64. The molecule has 2 heterocycles. The summed E-state index contributed by atoms with van der Waals surface area (Å²) in [6.07, 6.45) is 1.75. The highest BCUT2D eigenvalue weighted by molar-refractivity contribution is 7.99. The molecule has 6 heteroatoms.